The third-order valence-corrected chi connectivity index (χ3v) is 5.10. The van der Waals surface area contributed by atoms with Crippen molar-refractivity contribution >= 4 is 34.5 Å². The molecule has 2 aromatic heterocycles. The van der Waals surface area contributed by atoms with E-state index >= 15 is 0 Å². The maximum absolute atomic E-state index is 12.5. The molecule has 0 aliphatic carbocycles. The highest BCUT2D eigenvalue weighted by Crippen LogP contribution is 2.30. The lowest BCUT2D eigenvalue weighted by Crippen LogP contribution is -2.38. The molecule has 9 heteroatoms. The second kappa shape index (κ2) is 8.64. The van der Waals surface area contributed by atoms with Crippen LogP contribution in [0.3, 0.4) is 0 Å². The van der Waals surface area contributed by atoms with Crippen LogP contribution in [0.2, 0.25) is 0 Å². The van der Waals surface area contributed by atoms with Crippen LogP contribution in [0.5, 0.6) is 11.5 Å². The van der Waals surface area contributed by atoms with Gasteiger partial charge in [0.15, 0.2) is 27.8 Å². The van der Waals surface area contributed by atoms with Crippen molar-refractivity contribution in [3.05, 3.63) is 71.9 Å². The molecule has 2 aromatic carbocycles. The summed E-state index contributed by atoms with van der Waals surface area (Å²) in [6.07, 6.45) is 1.68. The summed E-state index contributed by atoms with van der Waals surface area (Å²) < 4.78 is 16.7. The lowest BCUT2D eigenvalue weighted by Gasteiger charge is -2.18. The lowest BCUT2D eigenvalue weighted by atomic mass is 10.1. The summed E-state index contributed by atoms with van der Waals surface area (Å²) in [5, 5.41) is 5.95. The van der Waals surface area contributed by atoms with E-state index in [0.29, 0.717) is 53.9 Å². The predicted molar refractivity (Wildman–Crippen MR) is 122 cm³/mol. The normalized spacial score (nSPS) is 12.4. The van der Waals surface area contributed by atoms with Crippen molar-refractivity contribution in [3.8, 4) is 23.0 Å². The molecule has 1 aliphatic rings. The van der Waals surface area contributed by atoms with Crippen LogP contribution in [0.15, 0.2) is 65.2 Å². The van der Waals surface area contributed by atoms with E-state index in [2.05, 4.69) is 20.6 Å². The molecule has 0 spiro atoms. The van der Waals surface area contributed by atoms with Gasteiger partial charge in [0, 0.05) is 23.9 Å². The number of hydrogen-bond acceptors (Lipinski definition) is 7. The summed E-state index contributed by atoms with van der Waals surface area (Å²) >= 11 is 5.26. The second-order valence-electron chi connectivity index (χ2n) is 7.04. The highest BCUT2D eigenvalue weighted by Gasteiger charge is 2.15. The van der Waals surface area contributed by atoms with Gasteiger partial charge in [-0.05, 0) is 60.2 Å². The minimum atomic E-state index is -0.320. The number of hydrogen-bond donors (Lipinski definition) is 2. The van der Waals surface area contributed by atoms with E-state index in [9.17, 15) is 4.79 Å². The van der Waals surface area contributed by atoms with E-state index in [4.69, 9.17) is 26.1 Å². The maximum Gasteiger partial charge on any atom is 0.257 e. The molecule has 0 radical (unpaired) electrons. The number of pyridine rings is 1. The van der Waals surface area contributed by atoms with Gasteiger partial charge in [0.1, 0.15) is 13.2 Å². The third kappa shape index (κ3) is 4.23. The largest absolute Gasteiger partial charge is 0.486 e. The van der Waals surface area contributed by atoms with Crippen LogP contribution in [0, 0.1) is 0 Å². The van der Waals surface area contributed by atoms with Crippen LogP contribution in [-0.2, 0) is 6.54 Å². The molecule has 8 nitrogen and oxygen atoms in total. The number of fused-ring (bicyclic) bond motifs is 2. The molecule has 0 atom stereocenters. The molecule has 0 saturated carbocycles. The fraction of sp³-hybridized carbons (Fsp3) is 0.130. The number of nitrogens with one attached hydrogen (secondary N) is 2. The van der Waals surface area contributed by atoms with Gasteiger partial charge in [0.2, 0.25) is 5.89 Å². The van der Waals surface area contributed by atoms with Crippen molar-refractivity contribution in [2.45, 2.75) is 6.54 Å². The Hall–Kier alpha value is -3.98. The standard InChI is InChI=1S/C23H18N4O4S/c28-21(16-7-8-17-19(12-16)30-11-10-29-17)27-23(32)25-13-14-3-5-15(6-4-14)22-26-20-18(31-22)2-1-9-24-20/h1-9,12H,10-11,13H2,(H2,25,27,28,32). The van der Waals surface area contributed by atoms with Gasteiger partial charge < -0.3 is 19.2 Å². The van der Waals surface area contributed by atoms with Gasteiger partial charge in [-0.25, -0.2) is 4.98 Å². The van der Waals surface area contributed by atoms with Crippen LogP contribution in [0.4, 0.5) is 0 Å². The van der Waals surface area contributed by atoms with Crippen molar-refractivity contribution in [1.29, 1.82) is 0 Å². The van der Waals surface area contributed by atoms with Crippen molar-refractivity contribution in [2.24, 2.45) is 0 Å². The Morgan fingerprint density at radius 2 is 1.84 bits per heavy atom. The molecule has 0 saturated heterocycles. The molecule has 32 heavy (non-hydrogen) atoms. The highest BCUT2D eigenvalue weighted by atomic mass is 32.1. The topological polar surface area (TPSA) is 98.5 Å². The summed E-state index contributed by atoms with van der Waals surface area (Å²) in [5.41, 5.74) is 3.50. The van der Waals surface area contributed by atoms with Gasteiger partial charge in [-0.3, -0.25) is 10.1 Å². The Kier molecular flexibility index (Phi) is 5.39. The lowest BCUT2D eigenvalue weighted by molar-refractivity contribution is 0.0975. The van der Waals surface area contributed by atoms with Crippen molar-refractivity contribution < 1.29 is 18.7 Å². The number of aromatic nitrogens is 2. The Bertz CT molecular complexity index is 1270. The average Bonchev–Trinajstić information content (AvgIpc) is 3.27. The Balaban J connectivity index is 1.17. The predicted octanol–water partition coefficient (Wildman–Crippen LogP) is 3.47. The van der Waals surface area contributed by atoms with E-state index in [-0.39, 0.29) is 11.0 Å². The smallest absolute Gasteiger partial charge is 0.257 e. The van der Waals surface area contributed by atoms with Crippen LogP contribution in [0.25, 0.3) is 22.7 Å². The molecule has 3 heterocycles. The Morgan fingerprint density at radius 3 is 2.66 bits per heavy atom. The van der Waals surface area contributed by atoms with E-state index in [1.807, 2.05) is 36.4 Å². The zero-order valence-electron chi connectivity index (χ0n) is 16.8. The van der Waals surface area contributed by atoms with E-state index in [1.165, 1.54) is 0 Å². The molecule has 2 N–H and O–H groups in total. The Morgan fingerprint density at radius 1 is 1.03 bits per heavy atom. The molecule has 5 rings (SSSR count). The van der Waals surface area contributed by atoms with Gasteiger partial charge in [-0.1, -0.05) is 12.1 Å². The highest BCUT2D eigenvalue weighted by molar-refractivity contribution is 7.80. The summed E-state index contributed by atoms with van der Waals surface area (Å²) in [6, 6.07) is 16.4. The Labute approximate surface area is 188 Å². The van der Waals surface area contributed by atoms with Gasteiger partial charge in [0.05, 0.1) is 0 Å². The van der Waals surface area contributed by atoms with Gasteiger partial charge >= 0.3 is 0 Å². The first-order valence-electron chi connectivity index (χ1n) is 9.95. The van der Waals surface area contributed by atoms with Crippen molar-refractivity contribution in [3.63, 3.8) is 0 Å². The quantitative estimate of drug-likeness (QED) is 0.460. The van der Waals surface area contributed by atoms with Gasteiger partial charge in [0.25, 0.3) is 5.91 Å². The summed E-state index contributed by atoms with van der Waals surface area (Å²) in [6.45, 7) is 1.41. The third-order valence-electron chi connectivity index (χ3n) is 4.85. The SMILES string of the molecule is O=C(NC(=S)NCc1ccc(-c2nc3ncccc3o2)cc1)c1ccc2c(c1)OCCO2. The number of carbonyl (C=O) groups excluding carboxylic acids is 1. The maximum atomic E-state index is 12.5. The number of thiocarbonyl (C=S) groups is 1. The second-order valence-corrected chi connectivity index (χ2v) is 7.44. The molecular weight excluding hydrogens is 428 g/mol. The van der Waals surface area contributed by atoms with Crippen LogP contribution in [-0.4, -0.2) is 34.2 Å². The first-order valence-corrected chi connectivity index (χ1v) is 10.4. The van der Waals surface area contributed by atoms with Gasteiger partial charge in [-0.2, -0.15) is 4.98 Å². The molecule has 0 fully saturated rings. The minimum absolute atomic E-state index is 0.235. The molecule has 0 unspecified atom stereocenters. The van der Waals surface area contributed by atoms with E-state index < -0.39 is 0 Å². The summed E-state index contributed by atoms with van der Waals surface area (Å²) in [4.78, 5) is 21.1. The summed E-state index contributed by atoms with van der Waals surface area (Å²) in [7, 11) is 0. The fourth-order valence-electron chi connectivity index (χ4n) is 3.24. The molecule has 4 aromatic rings. The zero-order valence-corrected chi connectivity index (χ0v) is 17.6. The van der Waals surface area contributed by atoms with Crippen LogP contribution >= 0.6 is 12.2 Å². The number of oxazole rings is 1. The number of amides is 1. The average molecular weight is 446 g/mol. The molecule has 1 amide bonds. The first-order chi connectivity index (χ1) is 15.7. The molecular formula is C23H18N4O4S. The number of benzene rings is 2. The number of ether oxygens (including phenoxy) is 2. The zero-order chi connectivity index (χ0) is 21.9. The number of rotatable bonds is 4. The van der Waals surface area contributed by atoms with E-state index in [0.717, 1.165) is 11.1 Å². The van der Waals surface area contributed by atoms with Crippen molar-refractivity contribution in [2.75, 3.05) is 13.2 Å². The van der Waals surface area contributed by atoms with Gasteiger partial charge in [-0.15, -0.1) is 0 Å². The fourth-order valence-corrected chi connectivity index (χ4v) is 3.41. The first kappa shape index (κ1) is 20.0. The monoisotopic (exact) mass is 446 g/mol. The van der Waals surface area contributed by atoms with Crippen LogP contribution < -0.4 is 20.1 Å². The molecule has 0 bridgehead atoms. The van der Waals surface area contributed by atoms with E-state index in [1.54, 1.807) is 24.4 Å². The molecule has 160 valence electrons. The summed E-state index contributed by atoms with van der Waals surface area (Å²) in [5.74, 6) is 1.38. The molecule has 1 aliphatic heterocycles. The minimum Gasteiger partial charge on any atom is -0.486 e. The number of carbonyl (C=O) groups is 1. The van der Waals surface area contributed by atoms with Crippen molar-refractivity contribution in [1.82, 2.24) is 20.6 Å². The number of nitrogens with zero attached hydrogens (tertiary/aromatic N) is 2. The van der Waals surface area contributed by atoms with Crippen LogP contribution in [0.1, 0.15) is 15.9 Å².